The number of aryl methyl sites for hydroxylation is 2. The van der Waals surface area contributed by atoms with Gasteiger partial charge in [-0.2, -0.15) is 0 Å². The summed E-state index contributed by atoms with van der Waals surface area (Å²) in [7, 11) is 1.37. The van der Waals surface area contributed by atoms with Crippen LogP contribution in [0.5, 0.6) is 0 Å². The van der Waals surface area contributed by atoms with Gasteiger partial charge in [0.1, 0.15) is 0 Å². The van der Waals surface area contributed by atoms with Crippen molar-refractivity contribution in [3.63, 3.8) is 0 Å². The van der Waals surface area contributed by atoms with E-state index >= 15 is 0 Å². The second-order valence-corrected chi connectivity index (χ2v) is 9.13. The Labute approximate surface area is 177 Å². The molecule has 1 heterocycles. The summed E-state index contributed by atoms with van der Waals surface area (Å²) in [6.07, 6.45) is 1.32. The van der Waals surface area contributed by atoms with Crippen molar-refractivity contribution in [1.82, 2.24) is 0 Å². The van der Waals surface area contributed by atoms with Crippen molar-refractivity contribution >= 4 is 23.1 Å². The third kappa shape index (κ3) is 3.60. The molecule has 5 heteroatoms. The van der Waals surface area contributed by atoms with Gasteiger partial charge in [-0.25, -0.2) is 4.79 Å². The highest BCUT2D eigenvalue weighted by Gasteiger charge is 2.38. The number of nitrogens with one attached hydrogen (secondary N) is 2. The molecule has 0 radical (unpaired) electrons. The summed E-state index contributed by atoms with van der Waals surface area (Å²) >= 11 is 0. The zero-order valence-electron chi connectivity index (χ0n) is 18.2. The molecule has 1 atom stereocenters. The molecular formula is C25H28N2O3. The van der Waals surface area contributed by atoms with Crippen molar-refractivity contribution in [1.29, 1.82) is 0 Å². The zero-order valence-corrected chi connectivity index (χ0v) is 18.2. The van der Waals surface area contributed by atoms with Crippen molar-refractivity contribution in [2.45, 2.75) is 46.6 Å². The predicted octanol–water partition coefficient (Wildman–Crippen LogP) is 5.31. The summed E-state index contributed by atoms with van der Waals surface area (Å²) in [6, 6.07) is 11.3. The molecule has 30 heavy (non-hydrogen) atoms. The normalized spacial score (nSPS) is 19.8. The molecule has 156 valence electrons. The van der Waals surface area contributed by atoms with Crippen LogP contribution < -0.4 is 10.6 Å². The average Bonchev–Trinajstić information content (AvgIpc) is 2.83. The molecular weight excluding hydrogens is 376 g/mol. The first kappa shape index (κ1) is 20.2. The number of rotatable bonds is 2. The number of allylic oxidation sites excluding steroid dienone is 1. The van der Waals surface area contributed by atoms with Crippen LogP contribution in [0, 0.1) is 19.3 Å². The Hall–Kier alpha value is -3.08. The van der Waals surface area contributed by atoms with E-state index in [0.29, 0.717) is 12.0 Å². The number of carbonyl (C=O) groups excluding carboxylic acids is 2. The molecule has 0 saturated carbocycles. The van der Waals surface area contributed by atoms with Gasteiger partial charge in [-0.15, -0.1) is 0 Å². The van der Waals surface area contributed by atoms with Crippen molar-refractivity contribution in [2.75, 3.05) is 17.7 Å². The maximum atomic E-state index is 13.3. The number of Topliss-reactive ketones (excluding diaryl/α,β-unsaturated/α-hetero) is 1. The molecule has 5 nitrogen and oxygen atoms in total. The van der Waals surface area contributed by atoms with Crippen molar-refractivity contribution < 1.29 is 14.3 Å². The van der Waals surface area contributed by atoms with Crippen LogP contribution in [0.15, 0.2) is 47.7 Å². The zero-order chi connectivity index (χ0) is 21.6. The molecule has 4 rings (SSSR count). The van der Waals surface area contributed by atoms with Crippen LogP contribution in [0.3, 0.4) is 0 Å². The van der Waals surface area contributed by atoms with Crippen LogP contribution >= 0.6 is 0 Å². The van der Waals surface area contributed by atoms with Gasteiger partial charge in [0, 0.05) is 17.7 Å². The molecule has 0 amide bonds. The molecule has 2 N–H and O–H groups in total. The maximum Gasteiger partial charge on any atom is 0.337 e. The monoisotopic (exact) mass is 404 g/mol. The van der Waals surface area contributed by atoms with Crippen LogP contribution in [0.4, 0.5) is 11.4 Å². The van der Waals surface area contributed by atoms with E-state index in [9.17, 15) is 9.59 Å². The number of hydrogen-bond acceptors (Lipinski definition) is 5. The molecule has 0 aromatic heterocycles. The molecule has 2 aromatic carbocycles. The van der Waals surface area contributed by atoms with Crippen LogP contribution in [0.25, 0.3) is 0 Å². The maximum absolute atomic E-state index is 13.3. The largest absolute Gasteiger partial charge is 0.465 e. The molecule has 1 aliphatic carbocycles. The van der Waals surface area contributed by atoms with Gasteiger partial charge in [0.15, 0.2) is 5.78 Å². The molecule has 0 spiro atoms. The van der Waals surface area contributed by atoms with Gasteiger partial charge in [0.05, 0.1) is 30.1 Å². The Bertz CT molecular complexity index is 1060. The number of ether oxygens (including phenoxy) is 1. The predicted molar refractivity (Wildman–Crippen MR) is 119 cm³/mol. The van der Waals surface area contributed by atoms with Gasteiger partial charge < -0.3 is 15.4 Å². The average molecular weight is 405 g/mol. The SMILES string of the molecule is COC(=O)c1ccc([C@H]2Nc3cc(C)c(C)cc3NC3=C2C(=O)CC(C)(C)C3)cc1. The van der Waals surface area contributed by atoms with Gasteiger partial charge in [-0.05, 0) is 66.6 Å². The Morgan fingerprint density at radius 2 is 1.67 bits per heavy atom. The summed E-state index contributed by atoms with van der Waals surface area (Å²) in [5.41, 5.74) is 7.46. The third-order valence-electron chi connectivity index (χ3n) is 6.09. The fourth-order valence-corrected chi connectivity index (χ4v) is 4.39. The Balaban J connectivity index is 1.85. The van der Waals surface area contributed by atoms with E-state index in [1.807, 2.05) is 12.1 Å². The molecule has 2 aromatic rings. The highest BCUT2D eigenvalue weighted by Crippen LogP contribution is 2.45. The van der Waals surface area contributed by atoms with E-state index in [4.69, 9.17) is 4.74 Å². The number of benzene rings is 2. The lowest BCUT2D eigenvalue weighted by atomic mass is 9.73. The van der Waals surface area contributed by atoms with Crippen LogP contribution in [-0.2, 0) is 9.53 Å². The lowest BCUT2D eigenvalue weighted by Crippen LogP contribution is -2.31. The van der Waals surface area contributed by atoms with Gasteiger partial charge in [-0.1, -0.05) is 26.0 Å². The first-order chi connectivity index (χ1) is 14.2. The minimum atomic E-state index is -0.371. The number of anilines is 2. The summed E-state index contributed by atoms with van der Waals surface area (Å²) < 4.78 is 4.81. The van der Waals surface area contributed by atoms with E-state index in [0.717, 1.165) is 34.6 Å². The minimum Gasteiger partial charge on any atom is -0.465 e. The van der Waals surface area contributed by atoms with Gasteiger partial charge in [0.25, 0.3) is 0 Å². The second kappa shape index (κ2) is 7.31. The van der Waals surface area contributed by atoms with E-state index in [2.05, 4.69) is 50.5 Å². The summed E-state index contributed by atoms with van der Waals surface area (Å²) in [5.74, 6) is -0.214. The van der Waals surface area contributed by atoms with Crippen molar-refractivity contribution in [3.05, 3.63) is 69.9 Å². The number of ketones is 1. The fraction of sp³-hybridized carbons (Fsp3) is 0.360. The molecule has 0 saturated heterocycles. The summed E-state index contributed by atoms with van der Waals surface area (Å²) in [5, 5.41) is 7.18. The van der Waals surface area contributed by atoms with Crippen molar-refractivity contribution in [3.8, 4) is 0 Å². The fourth-order valence-electron chi connectivity index (χ4n) is 4.39. The quantitative estimate of drug-likeness (QED) is 0.664. The lowest BCUT2D eigenvalue weighted by Gasteiger charge is -2.34. The van der Waals surface area contributed by atoms with Crippen LogP contribution in [0.2, 0.25) is 0 Å². The van der Waals surface area contributed by atoms with Gasteiger partial charge in [-0.3, -0.25) is 4.79 Å². The summed E-state index contributed by atoms with van der Waals surface area (Å²) in [4.78, 5) is 25.1. The molecule has 1 aliphatic heterocycles. The third-order valence-corrected chi connectivity index (χ3v) is 6.09. The van der Waals surface area contributed by atoms with E-state index in [1.165, 1.54) is 18.2 Å². The topological polar surface area (TPSA) is 67.4 Å². The van der Waals surface area contributed by atoms with Crippen molar-refractivity contribution in [2.24, 2.45) is 5.41 Å². The number of methoxy groups -OCH3 is 1. The number of fused-ring (bicyclic) bond motifs is 1. The van der Waals surface area contributed by atoms with Crippen LogP contribution in [0.1, 0.15) is 59.8 Å². The molecule has 0 fully saturated rings. The van der Waals surface area contributed by atoms with Gasteiger partial charge >= 0.3 is 5.97 Å². The first-order valence-corrected chi connectivity index (χ1v) is 10.3. The second-order valence-electron chi connectivity index (χ2n) is 9.13. The van der Waals surface area contributed by atoms with E-state index in [1.54, 1.807) is 12.1 Å². The highest BCUT2D eigenvalue weighted by molar-refractivity contribution is 6.01. The molecule has 2 aliphatic rings. The summed E-state index contributed by atoms with van der Waals surface area (Å²) in [6.45, 7) is 8.45. The Kier molecular flexibility index (Phi) is 4.92. The smallest absolute Gasteiger partial charge is 0.337 e. The first-order valence-electron chi connectivity index (χ1n) is 10.3. The molecule has 0 bridgehead atoms. The van der Waals surface area contributed by atoms with Crippen LogP contribution in [-0.4, -0.2) is 18.9 Å². The van der Waals surface area contributed by atoms with E-state index < -0.39 is 0 Å². The number of hydrogen-bond donors (Lipinski definition) is 2. The molecule has 0 unspecified atom stereocenters. The van der Waals surface area contributed by atoms with Gasteiger partial charge in [0.2, 0.25) is 0 Å². The highest BCUT2D eigenvalue weighted by atomic mass is 16.5. The minimum absolute atomic E-state index is 0.0908. The number of esters is 1. The number of carbonyl (C=O) groups is 2. The Morgan fingerprint density at radius 1 is 1.03 bits per heavy atom. The lowest BCUT2D eigenvalue weighted by molar-refractivity contribution is -0.118. The Morgan fingerprint density at radius 3 is 2.30 bits per heavy atom. The standard InChI is InChI=1S/C25H28N2O3/c1-14-10-18-19(11-15(14)2)27-23(16-6-8-17(9-7-16)24(29)30-5)22-20(26-18)12-25(3,4)13-21(22)28/h6-11,23,26-27H,12-13H2,1-5H3/t23-/m1/s1. The van der Waals surface area contributed by atoms with E-state index in [-0.39, 0.29) is 23.2 Å².